The standard InChI is InChI=1S/C23H15Cl2F6N3O5S/c1-9(12-4-3-11(24)7-13(12)25)38-14-5-2-10(6-15(14)39-23(29,30)31)20-32-18-17(40-20)19(36)33-21(37)34(18)8-16(35)22(26,27)28/h2-7,9,16,35H,8H2,1H3,(H,33,36,37)/t9-,16?/m1/s1. The van der Waals surface area contributed by atoms with Gasteiger partial charge in [-0.2, -0.15) is 13.2 Å². The van der Waals surface area contributed by atoms with Gasteiger partial charge in [0.05, 0.1) is 6.54 Å². The largest absolute Gasteiger partial charge is 0.573 e. The Morgan fingerprint density at radius 1 is 1.07 bits per heavy atom. The van der Waals surface area contributed by atoms with Gasteiger partial charge in [-0.25, -0.2) is 9.78 Å². The summed E-state index contributed by atoms with van der Waals surface area (Å²) in [6, 6.07) is 7.78. The number of hydrogen-bond acceptors (Lipinski definition) is 7. The molecule has 40 heavy (non-hydrogen) atoms. The highest BCUT2D eigenvalue weighted by atomic mass is 35.5. The van der Waals surface area contributed by atoms with Crippen LogP contribution in [0.4, 0.5) is 26.3 Å². The average molecular weight is 630 g/mol. The molecule has 0 bridgehead atoms. The van der Waals surface area contributed by atoms with Gasteiger partial charge in [-0.1, -0.05) is 29.3 Å². The van der Waals surface area contributed by atoms with Crippen molar-refractivity contribution in [1.82, 2.24) is 14.5 Å². The molecule has 1 unspecified atom stereocenters. The molecule has 214 valence electrons. The van der Waals surface area contributed by atoms with E-state index < -0.39 is 53.9 Å². The topological polar surface area (TPSA) is 106 Å². The Kier molecular flexibility index (Phi) is 8.13. The third-order valence-electron chi connectivity index (χ3n) is 5.39. The van der Waals surface area contributed by atoms with Crippen LogP contribution in [-0.4, -0.2) is 38.3 Å². The minimum absolute atomic E-state index is 0.0419. The molecule has 2 aromatic heterocycles. The molecule has 0 fully saturated rings. The number of nitrogens with one attached hydrogen (secondary N) is 1. The Morgan fingerprint density at radius 2 is 1.77 bits per heavy atom. The second-order valence-electron chi connectivity index (χ2n) is 8.23. The Bertz CT molecular complexity index is 1680. The van der Waals surface area contributed by atoms with E-state index >= 15 is 0 Å². The van der Waals surface area contributed by atoms with Crippen molar-refractivity contribution in [3.05, 3.63) is 72.8 Å². The molecule has 0 radical (unpaired) electrons. The number of aromatic nitrogens is 3. The molecular formula is C23H15Cl2F6N3O5S. The number of rotatable bonds is 7. The number of hydrogen-bond donors (Lipinski definition) is 2. The summed E-state index contributed by atoms with van der Waals surface area (Å²) in [5, 5.41) is 9.83. The van der Waals surface area contributed by atoms with Crippen molar-refractivity contribution in [3.63, 3.8) is 0 Å². The van der Waals surface area contributed by atoms with E-state index in [0.717, 1.165) is 12.1 Å². The highest BCUT2D eigenvalue weighted by Gasteiger charge is 2.39. The monoisotopic (exact) mass is 629 g/mol. The van der Waals surface area contributed by atoms with Crippen molar-refractivity contribution in [3.8, 4) is 22.1 Å². The van der Waals surface area contributed by atoms with E-state index in [1.165, 1.54) is 31.2 Å². The van der Waals surface area contributed by atoms with Crippen molar-refractivity contribution in [2.45, 2.75) is 38.2 Å². The Labute approximate surface area is 233 Å². The van der Waals surface area contributed by atoms with Crippen LogP contribution < -0.4 is 20.7 Å². The molecule has 4 rings (SSSR count). The van der Waals surface area contributed by atoms with Crippen LogP contribution >= 0.6 is 34.5 Å². The number of H-pyrrole nitrogens is 1. The van der Waals surface area contributed by atoms with Crippen molar-refractivity contribution < 1.29 is 40.9 Å². The molecule has 0 aliphatic carbocycles. The minimum atomic E-state index is -5.14. The van der Waals surface area contributed by atoms with E-state index in [2.05, 4.69) is 9.72 Å². The number of benzene rings is 2. The summed E-state index contributed by atoms with van der Waals surface area (Å²) in [5.74, 6) is -1.14. The molecule has 4 aromatic rings. The SMILES string of the molecule is C[C@@H](Oc1ccc(-c2nc3c(s2)c(=O)[nH]c(=O)n3CC(O)C(F)(F)F)cc1OC(F)(F)F)c1ccc(Cl)cc1Cl. The predicted octanol–water partition coefficient (Wildman–Crippen LogP) is 6.08. The number of ether oxygens (including phenoxy) is 2. The van der Waals surface area contributed by atoms with Crippen LogP contribution in [0.1, 0.15) is 18.6 Å². The third-order valence-corrected chi connectivity index (χ3v) is 7.05. The molecule has 8 nitrogen and oxygen atoms in total. The lowest BCUT2D eigenvalue weighted by Gasteiger charge is -2.20. The normalized spacial score (nSPS) is 13.8. The van der Waals surface area contributed by atoms with E-state index in [0.29, 0.717) is 26.5 Å². The van der Waals surface area contributed by atoms with Crippen LogP contribution in [0.5, 0.6) is 11.5 Å². The zero-order chi connectivity index (χ0) is 29.6. The second-order valence-corrected chi connectivity index (χ2v) is 10.1. The van der Waals surface area contributed by atoms with Crippen LogP contribution in [0.2, 0.25) is 10.0 Å². The van der Waals surface area contributed by atoms with Gasteiger partial charge in [0.1, 0.15) is 15.8 Å². The molecule has 0 aliphatic rings. The van der Waals surface area contributed by atoms with Crippen LogP contribution in [0.25, 0.3) is 20.9 Å². The molecule has 17 heteroatoms. The summed E-state index contributed by atoms with van der Waals surface area (Å²) in [7, 11) is 0. The molecule has 0 amide bonds. The van der Waals surface area contributed by atoms with Crippen LogP contribution in [0.3, 0.4) is 0 Å². The first-order chi connectivity index (χ1) is 18.5. The number of nitrogens with zero attached hydrogens (tertiary/aromatic N) is 2. The lowest BCUT2D eigenvalue weighted by molar-refractivity contribution is -0.275. The van der Waals surface area contributed by atoms with Gasteiger partial charge in [-0.3, -0.25) is 14.3 Å². The molecule has 0 saturated carbocycles. The summed E-state index contributed by atoms with van der Waals surface area (Å²) >= 11 is 12.6. The van der Waals surface area contributed by atoms with Gasteiger partial charge < -0.3 is 14.6 Å². The number of aromatic amines is 1. The first-order valence-corrected chi connectivity index (χ1v) is 12.5. The van der Waals surface area contributed by atoms with E-state index in [1.807, 2.05) is 4.98 Å². The highest BCUT2D eigenvalue weighted by molar-refractivity contribution is 7.21. The van der Waals surface area contributed by atoms with Gasteiger partial charge in [-0.05, 0) is 37.3 Å². The summed E-state index contributed by atoms with van der Waals surface area (Å²) < 4.78 is 88.3. The van der Waals surface area contributed by atoms with Crippen LogP contribution in [0, 0.1) is 0 Å². The second kappa shape index (κ2) is 11.0. The number of halogens is 8. The fourth-order valence-corrected chi connectivity index (χ4v) is 5.08. The van der Waals surface area contributed by atoms with E-state index in [4.69, 9.17) is 27.9 Å². The first kappa shape index (κ1) is 29.7. The zero-order valence-electron chi connectivity index (χ0n) is 19.7. The highest BCUT2D eigenvalue weighted by Crippen LogP contribution is 2.40. The van der Waals surface area contributed by atoms with Crippen LogP contribution in [-0.2, 0) is 6.54 Å². The fourth-order valence-electron chi connectivity index (χ4n) is 3.56. The van der Waals surface area contributed by atoms with Crippen molar-refractivity contribution >= 4 is 44.9 Å². The molecule has 2 aromatic carbocycles. The quantitative estimate of drug-likeness (QED) is 0.240. The van der Waals surface area contributed by atoms with Gasteiger partial charge >= 0.3 is 18.2 Å². The van der Waals surface area contributed by atoms with E-state index in [9.17, 15) is 41.0 Å². The minimum Gasteiger partial charge on any atom is -0.482 e. The molecule has 2 N–H and O–H groups in total. The van der Waals surface area contributed by atoms with Gasteiger partial charge in [-0.15, -0.1) is 24.5 Å². The molecule has 0 spiro atoms. The summed E-state index contributed by atoms with van der Waals surface area (Å²) in [6.07, 6.45) is -14.0. The van der Waals surface area contributed by atoms with Gasteiger partial charge in [0, 0.05) is 21.2 Å². The van der Waals surface area contributed by atoms with Gasteiger partial charge in [0.25, 0.3) is 5.56 Å². The Morgan fingerprint density at radius 3 is 2.40 bits per heavy atom. The zero-order valence-corrected chi connectivity index (χ0v) is 22.1. The maximum atomic E-state index is 13.2. The number of aliphatic hydroxyl groups excluding tert-OH is 1. The van der Waals surface area contributed by atoms with Crippen molar-refractivity contribution in [2.75, 3.05) is 0 Å². The molecular weight excluding hydrogens is 615 g/mol. The Balaban J connectivity index is 1.77. The van der Waals surface area contributed by atoms with E-state index in [-0.39, 0.29) is 26.0 Å². The van der Waals surface area contributed by atoms with E-state index in [1.54, 1.807) is 0 Å². The van der Waals surface area contributed by atoms with Gasteiger partial charge in [0.2, 0.25) is 0 Å². The molecule has 2 heterocycles. The maximum Gasteiger partial charge on any atom is 0.573 e. The summed E-state index contributed by atoms with van der Waals surface area (Å²) in [6.45, 7) is 0.244. The molecule has 0 saturated heterocycles. The van der Waals surface area contributed by atoms with Crippen LogP contribution in [0.15, 0.2) is 46.0 Å². The van der Waals surface area contributed by atoms with Gasteiger partial charge in [0.15, 0.2) is 23.3 Å². The fraction of sp³-hybridized carbons (Fsp3) is 0.261. The third kappa shape index (κ3) is 6.54. The first-order valence-electron chi connectivity index (χ1n) is 10.9. The summed E-state index contributed by atoms with van der Waals surface area (Å²) in [4.78, 5) is 30.3. The number of alkyl halides is 6. The van der Waals surface area contributed by atoms with Crippen molar-refractivity contribution in [2.24, 2.45) is 0 Å². The number of thiazole rings is 1. The maximum absolute atomic E-state index is 13.2. The predicted molar refractivity (Wildman–Crippen MR) is 134 cm³/mol. The lowest BCUT2D eigenvalue weighted by Crippen LogP contribution is -2.39. The van der Waals surface area contributed by atoms with Crippen molar-refractivity contribution in [1.29, 1.82) is 0 Å². The number of aliphatic hydroxyl groups is 1. The molecule has 0 aliphatic heterocycles. The summed E-state index contributed by atoms with van der Waals surface area (Å²) in [5.41, 5.74) is -2.38. The average Bonchev–Trinajstić information content (AvgIpc) is 3.27. The smallest absolute Gasteiger partial charge is 0.482 e. The lowest BCUT2D eigenvalue weighted by atomic mass is 10.1. The number of fused-ring (bicyclic) bond motifs is 1. The molecule has 2 atom stereocenters. The Hall–Kier alpha value is -3.27.